The molecule has 0 saturated heterocycles. The summed E-state index contributed by atoms with van der Waals surface area (Å²) in [6.07, 6.45) is 0.685. The van der Waals surface area contributed by atoms with Gasteiger partial charge >= 0.3 is 0 Å². The number of hydrogen-bond donors (Lipinski definition) is 3. The SMILES string of the molecule is CC(C)CC(C)(O)CNc1cc(N)cc(F)c1. The monoisotopic (exact) mass is 240 g/mol. The molecule has 0 heterocycles. The topological polar surface area (TPSA) is 58.3 Å². The summed E-state index contributed by atoms with van der Waals surface area (Å²) in [5.41, 5.74) is 5.69. The first-order valence-corrected chi connectivity index (χ1v) is 5.81. The van der Waals surface area contributed by atoms with E-state index in [2.05, 4.69) is 19.2 Å². The lowest BCUT2D eigenvalue weighted by molar-refractivity contribution is 0.0515. The highest BCUT2D eigenvalue weighted by Gasteiger charge is 2.21. The van der Waals surface area contributed by atoms with Crippen LogP contribution >= 0.6 is 0 Å². The Balaban J connectivity index is 2.60. The highest BCUT2D eigenvalue weighted by Crippen LogP contribution is 2.19. The Hall–Kier alpha value is -1.29. The summed E-state index contributed by atoms with van der Waals surface area (Å²) in [7, 11) is 0. The fraction of sp³-hybridized carbons (Fsp3) is 0.538. The molecule has 0 saturated carbocycles. The molecule has 17 heavy (non-hydrogen) atoms. The van der Waals surface area contributed by atoms with E-state index >= 15 is 0 Å². The van der Waals surface area contributed by atoms with Crippen LogP contribution in [0, 0.1) is 11.7 Å². The maximum absolute atomic E-state index is 13.1. The van der Waals surface area contributed by atoms with E-state index in [0.29, 0.717) is 30.3 Å². The lowest BCUT2D eigenvalue weighted by Crippen LogP contribution is -2.34. The van der Waals surface area contributed by atoms with Gasteiger partial charge in [0.25, 0.3) is 0 Å². The van der Waals surface area contributed by atoms with E-state index in [-0.39, 0.29) is 5.82 Å². The Bertz CT molecular complexity index is 357. The van der Waals surface area contributed by atoms with E-state index in [0.717, 1.165) is 0 Å². The van der Waals surface area contributed by atoms with Crippen molar-refractivity contribution in [1.82, 2.24) is 0 Å². The van der Waals surface area contributed by atoms with Crippen LogP contribution in [-0.4, -0.2) is 17.3 Å². The molecule has 0 radical (unpaired) electrons. The highest BCUT2D eigenvalue weighted by atomic mass is 19.1. The van der Waals surface area contributed by atoms with Gasteiger partial charge in [-0.2, -0.15) is 0 Å². The van der Waals surface area contributed by atoms with Crippen LogP contribution in [-0.2, 0) is 0 Å². The summed E-state index contributed by atoms with van der Waals surface area (Å²) < 4.78 is 13.1. The van der Waals surface area contributed by atoms with E-state index in [1.807, 2.05) is 0 Å². The van der Waals surface area contributed by atoms with Crippen molar-refractivity contribution in [2.75, 3.05) is 17.6 Å². The van der Waals surface area contributed by atoms with Gasteiger partial charge in [0.15, 0.2) is 0 Å². The zero-order valence-electron chi connectivity index (χ0n) is 10.6. The molecular weight excluding hydrogens is 219 g/mol. The first-order chi connectivity index (χ1) is 7.78. The molecule has 1 aromatic carbocycles. The summed E-state index contributed by atoms with van der Waals surface area (Å²) in [6.45, 7) is 6.24. The van der Waals surface area contributed by atoms with Crippen LogP contribution in [0.1, 0.15) is 27.2 Å². The van der Waals surface area contributed by atoms with E-state index in [1.165, 1.54) is 12.1 Å². The van der Waals surface area contributed by atoms with Crippen molar-refractivity contribution in [1.29, 1.82) is 0 Å². The number of anilines is 2. The van der Waals surface area contributed by atoms with Crippen LogP contribution in [0.3, 0.4) is 0 Å². The van der Waals surface area contributed by atoms with Crippen LogP contribution < -0.4 is 11.1 Å². The fourth-order valence-corrected chi connectivity index (χ4v) is 1.96. The Kier molecular flexibility index (Phi) is 4.34. The number of benzene rings is 1. The van der Waals surface area contributed by atoms with E-state index in [1.54, 1.807) is 13.0 Å². The highest BCUT2D eigenvalue weighted by molar-refractivity contribution is 5.54. The predicted octanol–water partition coefficient (Wildman–Crippen LogP) is 2.62. The average Bonchev–Trinajstić information content (AvgIpc) is 2.11. The average molecular weight is 240 g/mol. The van der Waals surface area contributed by atoms with Crippen LogP contribution in [0.4, 0.5) is 15.8 Å². The lowest BCUT2D eigenvalue weighted by Gasteiger charge is -2.26. The second kappa shape index (κ2) is 5.36. The first kappa shape index (κ1) is 13.8. The molecule has 1 rings (SSSR count). The molecule has 0 spiro atoms. The molecule has 4 heteroatoms. The molecule has 0 bridgehead atoms. The fourth-order valence-electron chi connectivity index (χ4n) is 1.96. The lowest BCUT2D eigenvalue weighted by atomic mass is 9.94. The van der Waals surface area contributed by atoms with Crippen LogP contribution in [0.15, 0.2) is 18.2 Å². The van der Waals surface area contributed by atoms with Crippen LogP contribution in [0.25, 0.3) is 0 Å². The molecule has 0 aromatic heterocycles. The van der Waals surface area contributed by atoms with Crippen LogP contribution in [0.2, 0.25) is 0 Å². The van der Waals surface area contributed by atoms with Gasteiger partial charge in [-0.25, -0.2) is 4.39 Å². The van der Waals surface area contributed by atoms with Gasteiger partial charge in [0.05, 0.1) is 5.60 Å². The molecule has 0 aliphatic heterocycles. The molecule has 1 atom stereocenters. The summed E-state index contributed by atoms with van der Waals surface area (Å²) in [4.78, 5) is 0. The zero-order chi connectivity index (χ0) is 13.1. The van der Waals surface area contributed by atoms with Gasteiger partial charge in [0.2, 0.25) is 0 Å². The summed E-state index contributed by atoms with van der Waals surface area (Å²) in [6, 6.07) is 4.27. The molecule has 1 unspecified atom stereocenters. The Morgan fingerprint density at radius 3 is 2.59 bits per heavy atom. The minimum atomic E-state index is -0.810. The maximum atomic E-state index is 13.1. The number of nitrogen functional groups attached to an aromatic ring is 1. The normalized spacial score (nSPS) is 14.7. The maximum Gasteiger partial charge on any atom is 0.127 e. The number of nitrogens with two attached hydrogens (primary N) is 1. The molecule has 1 aromatic rings. The zero-order valence-corrected chi connectivity index (χ0v) is 10.6. The van der Waals surface area contributed by atoms with Gasteiger partial charge in [0, 0.05) is 17.9 Å². The molecule has 0 aliphatic carbocycles. The first-order valence-electron chi connectivity index (χ1n) is 5.81. The van der Waals surface area contributed by atoms with Gasteiger partial charge in [-0.1, -0.05) is 13.8 Å². The van der Waals surface area contributed by atoms with Crippen molar-refractivity contribution < 1.29 is 9.50 Å². The second-order valence-corrected chi connectivity index (χ2v) is 5.22. The number of nitrogens with one attached hydrogen (secondary N) is 1. The molecule has 0 fully saturated rings. The van der Waals surface area contributed by atoms with Crippen molar-refractivity contribution in [3.63, 3.8) is 0 Å². The predicted molar refractivity (Wildman–Crippen MR) is 69.4 cm³/mol. The Labute approximate surface area is 102 Å². The third kappa shape index (κ3) is 5.04. The second-order valence-electron chi connectivity index (χ2n) is 5.22. The third-order valence-electron chi connectivity index (χ3n) is 2.44. The number of rotatable bonds is 5. The van der Waals surface area contributed by atoms with Crippen molar-refractivity contribution >= 4 is 11.4 Å². The standard InChI is InChI=1S/C13H21FN2O/c1-9(2)7-13(3,17)8-16-12-5-10(14)4-11(15)6-12/h4-6,9,16-17H,7-8,15H2,1-3H3. The van der Waals surface area contributed by atoms with Gasteiger partial charge in [-0.15, -0.1) is 0 Å². The quantitative estimate of drug-likeness (QED) is 0.693. The number of hydrogen-bond acceptors (Lipinski definition) is 3. The Morgan fingerprint density at radius 1 is 1.41 bits per heavy atom. The molecular formula is C13H21FN2O. The van der Waals surface area contributed by atoms with Crippen molar-refractivity contribution in [2.45, 2.75) is 32.8 Å². The van der Waals surface area contributed by atoms with Gasteiger partial charge in [-0.3, -0.25) is 0 Å². The molecule has 0 aliphatic rings. The minimum absolute atomic E-state index is 0.369. The molecule has 4 N–H and O–H groups in total. The van der Waals surface area contributed by atoms with Crippen LogP contribution in [0.5, 0.6) is 0 Å². The smallest absolute Gasteiger partial charge is 0.127 e. The van der Waals surface area contributed by atoms with E-state index < -0.39 is 5.60 Å². The van der Waals surface area contributed by atoms with Crippen molar-refractivity contribution in [2.24, 2.45) is 5.92 Å². The third-order valence-corrected chi connectivity index (χ3v) is 2.44. The number of aliphatic hydroxyl groups is 1. The van der Waals surface area contributed by atoms with Gasteiger partial charge in [0.1, 0.15) is 5.82 Å². The summed E-state index contributed by atoms with van der Waals surface area (Å²) >= 11 is 0. The minimum Gasteiger partial charge on any atom is -0.399 e. The molecule has 0 amide bonds. The van der Waals surface area contributed by atoms with Gasteiger partial charge < -0.3 is 16.2 Å². The van der Waals surface area contributed by atoms with Crippen molar-refractivity contribution in [3.05, 3.63) is 24.0 Å². The largest absolute Gasteiger partial charge is 0.399 e. The Morgan fingerprint density at radius 2 is 2.06 bits per heavy atom. The number of halogens is 1. The van der Waals surface area contributed by atoms with Crippen molar-refractivity contribution in [3.8, 4) is 0 Å². The van der Waals surface area contributed by atoms with E-state index in [4.69, 9.17) is 5.73 Å². The summed E-state index contributed by atoms with van der Waals surface area (Å²) in [5, 5.41) is 13.1. The molecule has 96 valence electrons. The van der Waals surface area contributed by atoms with Gasteiger partial charge in [-0.05, 0) is 37.5 Å². The summed E-state index contributed by atoms with van der Waals surface area (Å²) in [5.74, 6) is 0.0281. The molecule has 3 nitrogen and oxygen atoms in total. The van der Waals surface area contributed by atoms with E-state index in [9.17, 15) is 9.50 Å².